The minimum absolute atomic E-state index is 0.0696. The van der Waals surface area contributed by atoms with E-state index in [1.54, 1.807) is 13.0 Å². The van der Waals surface area contributed by atoms with Gasteiger partial charge >= 0.3 is 0 Å². The largest absolute Gasteiger partial charge is 0.491 e. The lowest BCUT2D eigenvalue weighted by atomic mass is 9.77. The average Bonchev–Trinajstić information content (AvgIpc) is 2.82. The lowest BCUT2D eigenvalue weighted by molar-refractivity contribution is 0.304. The first-order valence-corrected chi connectivity index (χ1v) is 11.9. The molecule has 0 aromatic heterocycles. The Morgan fingerprint density at radius 3 is 2.22 bits per heavy atom. The topological polar surface area (TPSA) is 9.23 Å². The number of halogens is 3. The summed E-state index contributed by atoms with van der Waals surface area (Å²) < 4.78 is 49.6. The van der Waals surface area contributed by atoms with Crippen LogP contribution in [0, 0.1) is 23.4 Å². The number of unbranched alkanes of at least 4 members (excludes halogenated alkanes) is 1. The molecule has 0 aliphatic heterocycles. The van der Waals surface area contributed by atoms with Gasteiger partial charge in [0.2, 0.25) is 0 Å². The highest BCUT2D eigenvalue weighted by Crippen LogP contribution is 2.39. The molecule has 4 heteroatoms. The molecule has 4 rings (SSSR count). The number of fused-ring (bicyclic) bond motifs is 1. The van der Waals surface area contributed by atoms with Crippen LogP contribution in [-0.4, -0.2) is 6.61 Å². The fourth-order valence-corrected chi connectivity index (χ4v) is 5.05. The lowest BCUT2D eigenvalue weighted by Gasteiger charge is -2.29. The minimum Gasteiger partial charge on any atom is -0.491 e. The van der Waals surface area contributed by atoms with Gasteiger partial charge in [-0.2, -0.15) is 0 Å². The third-order valence-electron chi connectivity index (χ3n) is 6.89. The second kappa shape index (κ2) is 9.97. The minimum atomic E-state index is -1.17. The van der Waals surface area contributed by atoms with Gasteiger partial charge in [-0.15, -0.1) is 0 Å². The molecule has 0 radical (unpaired) electrons. The van der Waals surface area contributed by atoms with Crippen LogP contribution in [-0.2, 0) is 0 Å². The number of rotatable bonds is 7. The van der Waals surface area contributed by atoms with Crippen LogP contribution in [0.3, 0.4) is 0 Å². The molecular weight excluding hydrogens is 409 g/mol. The summed E-state index contributed by atoms with van der Waals surface area (Å²) in [7, 11) is 0. The van der Waals surface area contributed by atoms with Gasteiger partial charge in [0.05, 0.1) is 12.0 Å². The van der Waals surface area contributed by atoms with Crippen molar-refractivity contribution < 1.29 is 17.9 Å². The number of hydrogen-bond donors (Lipinski definition) is 0. The molecule has 3 aromatic rings. The maximum absolute atomic E-state index is 14.9. The van der Waals surface area contributed by atoms with Crippen molar-refractivity contribution >= 4 is 10.8 Å². The van der Waals surface area contributed by atoms with Gasteiger partial charge in [-0.3, -0.25) is 0 Å². The smallest absolute Gasteiger partial charge is 0.175 e. The molecule has 1 aliphatic carbocycles. The van der Waals surface area contributed by atoms with Crippen LogP contribution in [0.5, 0.6) is 5.75 Å². The number of benzene rings is 3. The van der Waals surface area contributed by atoms with Gasteiger partial charge < -0.3 is 4.74 Å². The Hall–Kier alpha value is -2.49. The van der Waals surface area contributed by atoms with Crippen LogP contribution in [0.1, 0.15) is 70.3 Å². The highest BCUT2D eigenvalue weighted by atomic mass is 19.2. The van der Waals surface area contributed by atoms with E-state index in [0.29, 0.717) is 16.9 Å². The SMILES string of the molecule is CCCCC1CCC(c2ccc(-c3cc4ccc(OCC)c(F)c4c(F)c3F)cc2)CC1. The Morgan fingerprint density at radius 2 is 1.56 bits per heavy atom. The molecule has 0 amide bonds. The molecule has 0 unspecified atom stereocenters. The molecule has 0 atom stereocenters. The van der Waals surface area contributed by atoms with Crippen LogP contribution < -0.4 is 4.74 Å². The van der Waals surface area contributed by atoms with Gasteiger partial charge in [0.15, 0.2) is 23.2 Å². The summed E-state index contributed by atoms with van der Waals surface area (Å²) in [4.78, 5) is 0. The van der Waals surface area contributed by atoms with E-state index in [1.165, 1.54) is 62.6 Å². The molecule has 3 aromatic carbocycles. The van der Waals surface area contributed by atoms with Gasteiger partial charge in [-0.1, -0.05) is 56.5 Å². The van der Waals surface area contributed by atoms with Crippen molar-refractivity contribution in [3.63, 3.8) is 0 Å². The Labute approximate surface area is 188 Å². The second-order valence-corrected chi connectivity index (χ2v) is 8.94. The monoisotopic (exact) mass is 440 g/mol. The summed E-state index contributed by atoms with van der Waals surface area (Å²) in [5.74, 6) is -1.76. The highest BCUT2D eigenvalue weighted by Gasteiger charge is 2.23. The molecule has 32 heavy (non-hydrogen) atoms. The van der Waals surface area contributed by atoms with Crippen molar-refractivity contribution in [1.82, 2.24) is 0 Å². The van der Waals surface area contributed by atoms with Crippen LogP contribution in [0.2, 0.25) is 0 Å². The Bertz CT molecular complexity index is 1070. The van der Waals surface area contributed by atoms with Crippen molar-refractivity contribution in [3.8, 4) is 16.9 Å². The summed E-state index contributed by atoms with van der Waals surface area (Å²) >= 11 is 0. The third kappa shape index (κ3) is 4.51. The van der Waals surface area contributed by atoms with Gasteiger partial charge in [-0.05, 0) is 73.1 Å². The number of ether oxygens (including phenoxy) is 1. The van der Waals surface area contributed by atoms with E-state index in [0.717, 1.165) is 5.92 Å². The molecular formula is C28H31F3O. The van der Waals surface area contributed by atoms with E-state index in [2.05, 4.69) is 6.92 Å². The zero-order chi connectivity index (χ0) is 22.7. The standard InChI is InChI=1S/C28H31F3O/c1-3-5-6-18-7-9-19(10-8-18)20-11-13-21(14-12-20)23-17-22-15-16-24(32-4-2)27(30)25(22)28(31)26(23)29/h11-19H,3-10H2,1-2H3. The Balaban J connectivity index is 1.57. The lowest BCUT2D eigenvalue weighted by Crippen LogP contribution is -2.13. The summed E-state index contributed by atoms with van der Waals surface area (Å²) in [6.07, 6.45) is 8.82. The second-order valence-electron chi connectivity index (χ2n) is 8.94. The van der Waals surface area contributed by atoms with Crippen LogP contribution >= 0.6 is 0 Å². The highest BCUT2D eigenvalue weighted by molar-refractivity contribution is 5.90. The normalized spacial score (nSPS) is 18.8. The molecule has 1 aliphatic rings. The zero-order valence-corrected chi connectivity index (χ0v) is 18.9. The van der Waals surface area contributed by atoms with Crippen molar-refractivity contribution in [3.05, 3.63) is 65.5 Å². The predicted octanol–water partition coefficient (Wildman–Crippen LogP) is 8.79. The molecule has 1 nitrogen and oxygen atoms in total. The average molecular weight is 441 g/mol. The van der Waals surface area contributed by atoms with Crippen LogP contribution in [0.15, 0.2) is 42.5 Å². The Morgan fingerprint density at radius 1 is 0.844 bits per heavy atom. The summed E-state index contributed by atoms with van der Waals surface area (Å²) in [5, 5.41) is -0.0528. The molecule has 0 N–H and O–H groups in total. The van der Waals surface area contributed by atoms with Gasteiger partial charge in [0.25, 0.3) is 0 Å². The molecule has 1 saturated carbocycles. The van der Waals surface area contributed by atoms with Crippen LogP contribution in [0.25, 0.3) is 21.9 Å². The van der Waals surface area contributed by atoms with Crippen LogP contribution in [0.4, 0.5) is 13.2 Å². The zero-order valence-electron chi connectivity index (χ0n) is 18.9. The molecule has 0 saturated heterocycles. The molecule has 1 fully saturated rings. The predicted molar refractivity (Wildman–Crippen MR) is 125 cm³/mol. The van der Waals surface area contributed by atoms with E-state index >= 15 is 0 Å². The van der Waals surface area contributed by atoms with E-state index in [-0.39, 0.29) is 23.3 Å². The Kier molecular flexibility index (Phi) is 7.07. The van der Waals surface area contributed by atoms with E-state index < -0.39 is 17.5 Å². The van der Waals surface area contributed by atoms with E-state index in [9.17, 15) is 13.2 Å². The fourth-order valence-electron chi connectivity index (χ4n) is 5.05. The first-order chi connectivity index (χ1) is 15.5. The number of hydrogen-bond acceptors (Lipinski definition) is 1. The van der Waals surface area contributed by atoms with Gasteiger partial charge in [0.1, 0.15) is 0 Å². The van der Waals surface area contributed by atoms with Crippen molar-refractivity contribution in [2.24, 2.45) is 5.92 Å². The summed E-state index contributed by atoms with van der Waals surface area (Å²) in [6, 6.07) is 12.3. The van der Waals surface area contributed by atoms with Crippen molar-refractivity contribution in [2.75, 3.05) is 6.61 Å². The van der Waals surface area contributed by atoms with Crippen molar-refractivity contribution in [1.29, 1.82) is 0 Å². The quantitative estimate of drug-likeness (QED) is 0.357. The molecule has 0 heterocycles. The van der Waals surface area contributed by atoms with Crippen molar-refractivity contribution in [2.45, 2.75) is 64.7 Å². The third-order valence-corrected chi connectivity index (χ3v) is 6.89. The molecule has 170 valence electrons. The van der Waals surface area contributed by atoms with E-state index in [1.807, 2.05) is 24.3 Å². The first kappa shape index (κ1) is 22.7. The molecule has 0 spiro atoms. The molecule has 0 bridgehead atoms. The van der Waals surface area contributed by atoms with E-state index in [4.69, 9.17) is 4.74 Å². The fraction of sp³-hybridized carbons (Fsp3) is 0.429. The summed E-state index contributed by atoms with van der Waals surface area (Å²) in [6.45, 7) is 4.20. The maximum Gasteiger partial charge on any atom is 0.175 e. The summed E-state index contributed by atoms with van der Waals surface area (Å²) in [5.41, 5.74) is 2.00. The first-order valence-electron chi connectivity index (χ1n) is 11.9. The van der Waals surface area contributed by atoms with Gasteiger partial charge in [-0.25, -0.2) is 13.2 Å². The maximum atomic E-state index is 14.9. The van der Waals surface area contributed by atoms with Gasteiger partial charge in [0, 0.05) is 5.56 Å².